The van der Waals surface area contributed by atoms with Crippen LogP contribution in [-0.2, 0) is 10.0 Å². The summed E-state index contributed by atoms with van der Waals surface area (Å²) in [4.78, 5) is 10.4. The fourth-order valence-corrected chi connectivity index (χ4v) is 4.40. The minimum absolute atomic E-state index is 0. The Morgan fingerprint density at radius 2 is 1.91 bits per heavy atom. The largest absolute Gasteiger partial charge is 0.328 e. The highest BCUT2D eigenvalue weighted by atomic mass is 35.5. The maximum atomic E-state index is 12.8. The molecule has 0 aliphatic carbocycles. The third kappa shape index (κ3) is 3.82. The molecular formula is C14H22ClN3O4S. The lowest BCUT2D eigenvalue weighted by molar-refractivity contribution is -0.387. The minimum atomic E-state index is -3.88. The van der Waals surface area contributed by atoms with Crippen molar-refractivity contribution in [2.75, 3.05) is 13.1 Å². The fourth-order valence-electron chi connectivity index (χ4n) is 2.66. The lowest BCUT2D eigenvalue weighted by Crippen LogP contribution is -2.33. The van der Waals surface area contributed by atoms with Crippen molar-refractivity contribution in [3.05, 3.63) is 33.4 Å². The van der Waals surface area contributed by atoms with Gasteiger partial charge in [0.1, 0.15) is 0 Å². The van der Waals surface area contributed by atoms with Crippen LogP contribution < -0.4 is 5.73 Å². The van der Waals surface area contributed by atoms with Gasteiger partial charge in [0.2, 0.25) is 10.0 Å². The van der Waals surface area contributed by atoms with Crippen LogP contribution in [-0.4, -0.2) is 36.8 Å². The molecule has 1 heterocycles. The van der Waals surface area contributed by atoms with Gasteiger partial charge in [-0.1, -0.05) is 0 Å². The van der Waals surface area contributed by atoms with Crippen molar-refractivity contribution >= 4 is 28.1 Å². The van der Waals surface area contributed by atoms with Crippen molar-refractivity contribution in [1.29, 1.82) is 0 Å². The summed E-state index contributed by atoms with van der Waals surface area (Å²) in [5, 5.41) is 11.2. The lowest BCUT2D eigenvalue weighted by atomic mass is 10.0. The van der Waals surface area contributed by atoms with Gasteiger partial charge < -0.3 is 5.73 Å². The molecule has 0 bridgehead atoms. The summed E-state index contributed by atoms with van der Waals surface area (Å²) < 4.78 is 26.8. The zero-order valence-corrected chi connectivity index (χ0v) is 15.0. The number of nitrogens with zero attached hydrogens (tertiary/aromatic N) is 2. The first kappa shape index (κ1) is 19.8. The van der Waals surface area contributed by atoms with E-state index in [2.05, 4.69) is 0 Å². The van der Waals surface area contributed by atoms with Gasteiger partial charge in [0.25, 0.3) is 5.69 Å². The highest BCUT2D eigenvalue weighted by Crippen LogP contribution is 2.32. The van der Waals surface area contributed by atoms with E-state index >= 15 is 0 Å². The van der Waals surface area contributed by atoms with Crippen molar-refractivity contribution in [2.45, 2.75) is 38.1 Å². The molecule has 0 amide bonds. The van der Waals surface area contributed by atoms with Crippen LogP contribution in [0.3, 0.4) is 0 Å². The summed E-state index contributed by atoms with van der Waals surface area (Å²) in [7, 11) is -3.88. The summed E-state index contributed by atoms with van der Waals surface area (Å²) in [5.41, 5.74) is 6.88. The third-order valence-corrected chi connectivity index (χ3v) is 6.22. The van der Waals surface area contributed by atoms with Crippen LogP contribution >= 0.6 is 12.4 Å². The first-order valence-corrected chi connectivity index (χ1v) is 8.60. The van der Waals surface area contributed by atoms with E-state index in [1.54, 1.807) is 13.8 Å². The highest BCUT2D eigenvalue weighted by Gasteiger charge is 2.37. The first-order chi connectivity index (χ1) is 10.1. The van der Waals surface area contributed by atoms with E-state index in [1.165, 1.54) is 16.4 Å². The molecule has 2 unspecified atom stereocenters. The topological polar surface area (TPSA) is 107 Å². The zero-order valence-electron chi connectivity index (χ0n) is 13.4. The summed E-state index contributed by atoms with van der Waals surface area (Å²) in [6.45, 7) is 5.97. The summed E-state index contributed by atoms with van der Waals surface area (Å²) in [6.07, 6.45) is 0.676. The second-order valence-electron chi connectivity index (χ2n) is 5.93. The molecule has 1 aromatic carbocycles. The normalized spacial score (nSPS) is 20.1. The van der Waals surface area contributed by atoms with Crippen LogP contribution in [0, 0.1) is 29.9 Å². The Hall–Kier alpha value is -1.22. The molecule has 1 aromatic rings. The number of halogens is 1. The van der Waals surface area contributed by atoms with E-state index in [4.69, 9.17) is 5.73 Å². The average Bonchev–Trinajstić information content (AvgIpc) is 2.91. The molecule has 2 atom stereocenters. The Labute approximate surface area is 142 Å². The maximum absolute atomic E-state index is 12.8. The van der Waals surface area contributed by atoms with Gasteiger partial charge in [-0.3, -0.25) is 10.1 Å². The van der Waals surface area contributed by atoms with Gasteiger partial charge in [-0.05, 0) is 50.3 Å². The molecule has 0 saturated carbocycles. The highest BCUT2D eigenvalue weighted by molar-refractivity contribution is 7.89. The van der Waals surface area contributed by atoms with Gasteiger partial charge in [0.15, 0.2) is 4.90 Å². The van der Waals surface area contributed by atoms with Crippen molar-refractivity contribution in [3.63, 3.8) is 0 Å². The zero-order chi connectivity index (χ0) is 16.7. The van der Waals surface area contributed by atoms with Gasteiger partial charge in [-0.2, -0.15) is 4.31 Å². The van der Waals surface area contributed by atoms with E-state index in [1.807, 2.05) is 6.92 Å². The number of nitro groups is 1. The van der Waals surface area contributed by atoms with Crippen LogP contribution in [0.15, 0.2) is 17.0 Å². The van der Waals surface area contributed by atoms with Crippen LogP contribution in [0.5, 0.6) is 0 Å². The molecule has 1 aliphatic rings. The molecule has 1 fully saturated rings. The third-order valence-electron chi connectivity index (χ3n) is 4.32. The van der Waals surface area contributed by atoms with E-state index in [-0.39, 0.29) is 34.9 Å². The van der Waals surface area contributed by atoms with Crippen molar-refractivity contribution in [3.8, 4) is 0 Å². The Balaban J connectivity index is 0.00000264. The van der Waals surface area contributed by atoms with Gasteiger partial charge in [0, 0.05) is 25.2 Å². The molecule has 2 N–H and O–H groups in total. The predicted octanol–water partition coefficient (Wildman–Crippen LogP) is 1.99. The molecule has 0 aromatic heterocycles. The summed E-state index contributed by atoms with van der Waals surface area (Å²) in [5.74, 6) is 0.0837. The lowest BCUT2D eigenvalue weighted by Gasteiger charge is -2.18. The van der Waals surface area contributed by atoms with Crippen molar-refractivity contribution in [2.24, 2.45) is 11.7 Å². The van der Waals surface area contributed by atoms with Crippen LogP contribution in [0.25, 0.3) is 0 Å². The number of nitrogens with two attached hydrogens (primary N) is 1. The SMILES string of the molecule is Cc1cc([N+](=O)[O-])c(S(=O)(=O)N2CCC(C(C)N)C2)cc1C.Cl. The second-order valence-corrected chi connectivity index (χ2v) is 7.84. The van der Waals surface area contributed by atoms with Crippen molar-refractivity contribution < 1.29 is 13.3 Å². The number of rotatable bonds is 4. The number of hydrogen-bond acceptors (Lipinski definition) is 5. The van der Waals surface area contributed by atoms with E-state index in [0.29, 0.717) is 30.6 Å². The number of aryl methyl sites for hydroxylation is 2. The predicted molar refractivity (Wildman–Crippen MR) is 90.3 cm³/mol. The molecule has 0 radical (unpaired) electrons. The molecule has 130 valence electrons. The Kier molecular flexibility index (Phi) is 6.14. The molecule has 23 heavy (non-hydrogen) atoms. The molecule has 0 spiro atoms. The quantitative estimate of drug-likeness (QED) is 0.650. The number of sulfonamides is 1. The van der Waals surface area contributed by atoms with Gasteiger partial charge in [0.05, 0.1) is 4.92 Å². The van der Waals surface area contributed by atoms with E-state index in [0.717, 1.165) is 0 Å². The Morgan fingerprint density at radius 1 is 1.35 bits per heavy atom. The van der Waals surface area contributed by atoms with Crippen LogP contribution in [0.2, 0.25) is 0 Å². The number of nitro benzene ring substituents is 1. The molecule has 7 nitrogen and oxygen atoms in total. The monoisotopic (exact) mass is 363 g/mol. The van der Waals surface area contributed by atoms with Crippen LogP contribution in [0.1, 0.15) is 24.5 Å². The van der Waals surface area contributed by atoms with Gasteiger partial charge in [-0.25, -0.2) is 8.42 Å². The molecule has 9 heteroatoms. The Bertz CT molecular complexity index is 706. The fraction of sp³-hybridized carbons (Fsp3) is 0.571. The van der Waals surface area contributed by atoms with E-state index in [9.17, 15) is 18.5 Å². The van der Waals surface area contributed by atoms with Crippen molar-refractivity contribution in [1.82, 2.24) is 4.31 Å². The first-order valence-electron chi connectivity index (χ1n) is 7.16. The average molecular weight is 364 g/mol. The molecule has 1 saturated heterocycles. The molecular weight excluding hydrogens is 342 g/mol. The summed E-state index contributed by atoms with van der Waals surface area (Å²) in [6, 6.07) is 2.61. The van der Waals surface area contributed by atoms with Crippen LogP contribution in [0.4, 0.5) is 5.69 Å². The maximum Gasteiger partial charge on any atom is 0.289 e. The summed E-state index contributed by atoms with van der Waals surface area (Å²) >= 11 is 0. The van der Waals surface area contributed by atoms with E-state index < -0.39 is 14.9 Å². The standard InChI is InChI=1S/C14H21N3O4S.ClH/c1-9-6-13(17(18)19)14(7-10(9)2)22(20,21)16-5-4-12(8-16)11(3)15;/h6-7,11-12H,4-5,8,15H2,1-3H3;1H. The number of benzene rings is 1. The minimum Gasteiger partial charge on any atom is -0.328 e. The molecule has 2 rings (SSSR count). The second kappa shape index (κ2) is 7.12. The Morgan fingerprint density at radius 3 is 2.39 bits per heavy atom. The smallest absolute Gasteiger partial charge is 0.289 e. The number of hydrogen-bond donors (Lipinski definition) is 1. The van der Waals surface area contributed by atoms with Gasteiger partial charge in [-0.15, -0.1) is 12.4 Å². The molecule has 1 aliphatic heterocycles. The van der Waals surface area contributed by atoms with Gasteiger partial charge >= 0.3 is 0 Å².